The first-order valence-corrected chi connectivity index (χ1v) is 7.50. The summed E-state index contributed by atoms with van der Waals surface area (Å²) in [5, 5.41) is 4.05. The van der Waals surface area contributed by atoms with Crippen LogP contribution < -0.4 is 5.32 Å². The lowest BCUT2D eigenvalue weighted by molar-refractivity contribution is 0.575. The van der Waals surface area contributed by atoms with Crippen molar-refractivity contribution < 1.29 is 8.78 Å². The van der Waals surface area contributed by atoms with Crippen LogP contribution in [0.15, 0.2) is 18.2 Å². The molecule has 0 saturated heterocycles. The number of rotatable bonds is 5. The highest BCUT2D eigenvalue weighted by atomic mass is 32.1. The Morgan fingerprint density at radius 3 is 2.50 bits per heavy atom. The Morgan fingerprint density at radius 2 is 1.90 bits per heavy atom. The molecule has 0 aliphatic heterocycles. The molecule has 0 amide bonds. The second kappa shape index (κ2) is 6.41. The molecule has 1 atom stereocenters. The molecule has 0 aliphatic rings. The van der Waals surface area contributed by atoms with E-state index in [1.165, 1.54) is 23.5 Å². The van der Waals surface area contributed by atoms with Gasteiger partial charge in [-0.25, -0.2) is 13.8 Å². The van der Waals surface area contributed by atoms with Crippen molar-refractivity contribution in [3.05, 3.63) is 40.4 Å². The molecule has 1 heterocycles. The van der Waals surface area contributed by atoms with Crippen molar-refractivity contribution in [3.63, 3.8) is 0 Å². The van der Waals surface area contributed by atoms with E-state index in [0.717, 1.165) is 29.6 Å². The molecule has 0 bridgehead atoms. The maximum atomic E-state index is 13.3. The van der Waals surface area contributed by atoms with Crippen LogP contribution in [0, 0.1) is 18.6 Å². The zero-order valence-electron chi connectivity index (χ0n) is 11.8. The molecule has 1 aromatic carbocycles. The second-order valence-electron chi connectivity index (χ2n) is 4.80. The van der Waals surface area contributed by atoms with Gasteiger partial charge in [-0.15, -0.1) is 11.3 Å². The van der Waals surface area contributed by atoms with Gasteiger partial charge in [-0.05, 0) is 38.9 Å². The third-order valence-electron chi connectivity index (χ3n) is 3.04. The average molecular weight is 296 g/mol. The van der Waals surface area contributed by atoms with E-state index in [1.54, 1.807) is 0 Å². The fourth-order valence-electron chi connectivity index (χ4n) is 2.06. The Hall–Kier alpha value is -1.33. The Labute approximate surface area is 121 Å². The summed E-state index contributed by atoms with van der Waals surface area (Å²) >= 11 is 1.48. The molecule has 5 heteroatoms. The summed E-state index contributed by atoms with van der Waals surface area (Å²) in [6.45, 7) is 7.05. The van der Waals surface area contributed by atoms with E-state index in [4.69, 9.17) is 0 Å². The molecule has 0 saturated carbocycles. The Kier molecular flexibility index (Phi) is 4.83. The third-order valence-corrected chi connectivity index (χ3v) is 4.43. The highest BCUT2D eigenvalue weighted by Crippen LogP contribution is 2.32. The van der Waals surface area contributed by atoms with E-state index in [0.29, 0.717) is 10.6 Å². The lowest BCUT2D eigenvalue weighted by Gasteiger charge is -2.11. The van der Waals surface area contributed by atoms with Gasteiger partial charge in [0.15, 0.2) is 0 Å². The lowest BCUT2D eigenvalue weighted by Crippen LogP contribution is -2.18. The van der Waals surface area contributed by atoms with Gasteiger partial charge in [-0.1, -0.05) is 6.92 Å². The molecule has 2 rings (SSSR count). The predicted octanol–water partition coefficient (Wildman–Crippen LogP) is 4.46. The first-order valence-electron chi connectivity index (χ1n) is 6.68. The molecular weight excluding hydrogens is 278 g/mol. The minimum atomic E-state index is -0.577. The average Bonchev–Trinajstić information content (AvgIpc) is 2.77. The van der Waals surface area contributed by atoms with Crippen LogP contribution in [-0.2, 0) is 0 Å². The Bertz CT molecular complexity index is 575. The number of hydrogen-bond acceptors (Lipinski definition) is 3. The van der Waals surface area contributed by atoms with Gasteiger partial charge in [-0.2, -0.15) is 0 Å². The number of aromatic nitrogens is 1. The quantitative estimate of drug-likeness (QED) is 0.881. The minimum absolute atomic E-state index is 0.194. The van der Waals surface area contributed by atoms with E-state index < -0.39 is 11.6 Å². The molecule has 0 fully saturated rings. The van der Waals surface area contributed by atoms with Crippen LogP contribution in [0.25, 0.3) is 10.6 Å². The van der Waals surface area contributed by atoms with E-state index in [9.17, 15) is 8.78 Å². The first-order chi connectivity index (χ1) is 9.51. The molecule has 0 radical (unpaired) electrons. The zero-order chi connectivity index (χ0) is 14.7. The monoisotopic (exact) mass is 296 g/mol. The zero-order valence-corrected chi connectivity index (χ0v) is 12.7. The maximum absolute atomic E-state index is 13.3. The highest BCUT2D eigenvalue weighted by Gasteiger charge is 2.15. The summed E-state index contributed by atoms with van der Waals surface area (Å²) in [5.74, 6) is -1.15. The van der Waals surface area contributed by atoms with Gasteiger partial charge in [0.1, 0.15) is 16.6 Å². The lowest BCUT2D eigenvalue weighted by atomic mass is 10.2. The van der Waals surface area contributed by atoms with Crippen molar-refractivity contribution >= 4 is 11.3 Å². The van der Waals surface area contributed by atoms with Crippen LogP contribution >= 0.6 is 11.3 Å². The first kappa shape index (κ1) is 15.1. The summed E-state index contributed by atoms with van der Waals surface area (Å²) < 4.78 is 26.5. The van der Waals surface area contributed by atoms with Crippen molar-refractivity contribution in [2.24, 2.45) is 0 Å². The fourth-order valence-corrected chi connectivity index (χ4v) is 3.14. The topological polar surface area (TPSA) is 24.9 Å². The van der Waals surface area contributed by atoms with E-state index in [2.05, 4.69) is 24.1 Å². The van der Waals surface area contributed by atoms with E-state index >= 15 is 0 Å². The molecule has 2 aromatic rings. The van der Waals surface area contributed by atoms with Crippen LogP contribution in [0.5, 0.6) is 0 Å². The van der Waals surface area contributed by atoms with E-state index in [1.807, 2.05) is 6.92 Å². The van der Waals surface area contributed by atoms with Crippen LogP contribution in [0.3, 0.4) is 0 Å². The SMILES string of the molecule is CCCNC(C)c1sc(-c2cc(F)cc(F)c2)nc1C. The molecule has 0 aliphatic carbocycles. The highest BCUT2D eigenvalue weighted by molar-refractivity contribution is 7.15. The number of nitrogens with one attached hydrogen (secondary N) is 1. The van der Waals surface area contributed by atoms with Crippen LogP contribution in [0.1, 0.15) is 36.9 Å². The summed E-state index contributed by atoms with van der Waals surface area (Å²) in [6.07, 6.45) is 1.06. The minimum Gasteiger partial charge on any atom is -0.309 e. The van der Waals surface area contributed by atoms with Gasteiger partial charge in [0.25, 0.3) is 0 Å². The van der Waals surface area contributed by atoms with Crippen molar-refractivity contribution in [1.82, 2.24) is 10.3 Å². The molecule has 1 unspecified atom stereocenters. The molecule has 0 spiro atoms. The van der Waals surface area contributed by atoms with Gasteiger partial charge in [0.05, 0.1) is 5.69 Å². The van der Waals surface area contributed by atoms with Crippen LogP contribution in [-0.4, -0.2) is 11.5 Å². The van der Waals surface area contributed by atoms with E-state index in [-0.39, 0.29) is 6.04 Å². The van der Waals surface area contributed by atoms with Gasteiger partial charge in [0, 0.05) is 22.5 Å². The van der Waals surface area contributed by atoms with Crippen molar-refractivity contribution in [1.29, 1.82) is 0 Å². The van der Waals surface area contributed by atoms with Crippen LogP contribution in [0.2, 0.25) is 0 Å². The molecule has 1 N–H and O–H groups in total. The standard InChI is InChI=1S/C15H18F2N2S/c1-4-5-18-9(2)14-10(3)19-15(20-14)11-6-12(16)8-13(17)7-11/h6-9,18H,4-5H2,1-3H3. The molecule has 1 aromatic heterocycles. The maximum Gasteiger partial charge on any atom is 0.126 e. The van der Waals surface area contributed by atoms with Gasteiger partial charge in [0.2, 0.25) is 0 Å². The molecule has 2 nitrogen and oxygen atoms in total. The van der Waals surface area contributed by atoms with Crippen LogP contribution in [0.4, 0.5) is 8.78 Å². The van der Waals surface area contributed by atoms with Gasteiger partial charge < -0.3 is 5.32 Å². The fraction of sp³-hybridized carbons (Fsp3) is 0.400. The summed E-state index contributed by atoms with van der Waals surface area (Å²) in [4.78, 5) is 5.55. The smallest absolute Gasteiger partial charge is 0.126 e. The van der Waals surface area contributed by atoms with Gasteiger partial charge in [-0.3, -0.25) is 0 Å². The molecule has 108 valence electrons. The Morgan fingerprint density at radius 1 is 1.25 bits per heavy atom. The number of aryl methyl sites for hydroxylation is 1. The largest absolute Gasteiger partial charge is 0.309 e. The second-order valence-corrected chi connectivity index (χ2v) is 5.83. The predicted molar refractivity (Wildman–Crippen MR) is 78.9 cm³/mol. The summed E-state index contributed by atoms with van der Waals surface area (Å²) in [6, 6.07) is 3.69. The van der Waals surface area contributed by atoms with Gasteiger partial charge >= 0.3 is 0 Å². The normalized spacial score (nSPS) is 12.7. The number of benzene rings is 1. The third kappa shape index (κ3) is 3.41. The van der Waals surface area contributed by atoms with Crippen molar-refractivity contribution in [3.8, 4) is 10.6 Å². The summed E-state index contributed by atoms with van der Waals surface area (Å²) in [7, 11) is 0. The molecular formula is C15H18F2N2S. The van der Waals surface area contributed by atoms with Crippen molar-refractivity contribution in [2.75, 3.05) is 6.54 Å². The summed E-state index contributed by atoms with van der Waals surface area (Å²) in [5.41, 5.74) is 1.40. The molecule has 20 heavy (non-hydrogen) atoms. The number of halogens is 2. The van der Waals surface area contributed by atoms with Crippen molar-refractivity contribution in [2.45, 2.75) is 33.2 Å². The Balaban J connectivity index is 2.30. The number of nitrogens with zero attached hydrogens (tertiary/aromatic N) is 1. The number of hydrogen-bond donors (Lipinski definition) is 1. The number of thiazole rings is 1.